The fraction of sp³-hybridized carbons (Fsp3) is 0.333. The van der Waals surface area contributed by atoms with Crippen LogP contribution in [0, 0.1) is 0 Å². The van der Waals surface area contributed by atoms with Gasteiger partial charge in [0.25, 0.3) is 0 Å². The van der Waals surface area contributed by atoms with E-state index in [4.69, 9.17) is 4.74 Å². The Morgan fingerprint density at radius 1 is 1.12 bits per heavy atom. The molecule has 2 atom stereocenters. The molecule has 1 aliphatic heterocycles. The van der Waals surface area contributed by atoms with Crippen molar-refractivity contribution in [2.45, 2.75) is 31.7 Å². The first-order valence-electron chi connectivity index (χ1n) is 8.75. The van der Waals surface area contributed by atoms with Crippen molar-refractivity contribution < 1.29 is 14.3 Å². The van der Waals surface area contributed by atoms with Crippen LogP contribution in [0.3, 0.4) is 0 Å². The van der Waals surface area contributed by atoms with Crippen molar-refractivity contribution in [3.8, 4) is 0 Å². The minimum atomic E-state index is -0.398. The fourth-order valence-corrected chi connectivity index (χ4v) is 3.05. The average Bonchev–Trinajstić information content (AvgIpc) is 3.19. The number of esters is 1. The van der Waals surface area contributed by atoms with Crippen LogP contribution in [0.1, 0.15) is 47.2 Å². The Hall–Kier alpha value is -2.46. The van der Waals surface area contributed by atoms with Crippen molar-refractivity contribution in [3.05, 3.63) is 71.3 Å². The topological polar surface area (TPSA) is 55.4 Å². The first-order valence-corrected chi connectivity index (χ1v) is 8.75. The van der Waals surface area contributed by atoms with E-state index in [1.165, 1.54) is 0 Å². The molecule has 2 unspecified atom stereocenters. The molecule has 1 N–H and O–H groups in total. The van der Waals surface area contributed by atoms with Gasteiger partial charge < -0.3 is 10.1 Å². The van der Waals surface area contributed by atoms with E-state index in [9.17, 15) is 9.59 Å². The SMILES string of the molecule is CC(C(=O)OCC1CCCN1)c1cccc(C(=O)c2ccccc2)c1. The molecule has 4 heteroatoms. The lowest BCUT2D eigenvalue weighted by Crippen LogP contribution is -2.29. The molecule has 0 aromatic heterocycles. The quantitative estimate of drug-likeness (QED) is 0.649. The third-order valence-electron chi connectivity index (χ3n) is 4.63. The molecule has 0 bridgehead atoms. The van der Waals surface area contributed by atoms with Crippen molar-refractivity contribution in [3.63, 3.8) is 0 Å². The summed E-state index contributed by atoms with van der Waals surface area (Å²) in [7, 11) is 0. The van der Waals surface area contributed by atoms with Crippen LogP contribution in [0.25, 0.3) is 0 Å². The van der Waals surface area contributed by atoms with Crippen LogP contribution in [-0.4, -0.2) is 30.9 Å². The normalized spacial score (nSPS) is 17.9. The molecule has 3 rings (SSSR count). The Balaban J connectivity index is 1.67. The van der Waals surface area contributed by atoms with Crippen molar-refractivity contribution >= 4 is 11.8 Å². The molecular weight excluding hydrogens is 314 g/mol. The van der Waals surface area contributed by atoms with Gasteiger partial charge in [-0.2, -0.15) is 0 Å². The monoisotopic (exact) mass is 337 g/mol. The molecule has 0 saturated carbocycles. The molecule has 0 spiro atoms. The highest BCUT2D eigenvalue weighted by molar-refractivity contribution is 6.09. The van der Waals surface area contributed by atoms with Crippen LogP contribution in [0.4, 0.5) is 0 Å². The van der Waals surface area contributed by atoms with Gasteiger partial charge in [-0.15, -0.1) is 0 Å². The molecule has 2 aromatic rings. The summed E-state index contributed by atoms with van der Waals surface area (Å²) in [5, 5.41) is 3.31. The molecule has 4 nitrogen and oxygen atoms in total. The van der Waals surface area contributed by atoms with E-state index in [1.807, 2.05) is 37.3 Å². The highest BCUT2D eigenvalue weighted by Crippen LogP contribution is 2.20. The molecule has 1 saturated heterocycles. The summed E-state index contributed by atoms with van der Waals surface area (Å²) in [4.78, 5) is 24.9. The maximum absolute atomic E-state index is 12.6. The van der Waals surface area contributed by atoms with Gasteiger partial charge in [-0.3, -0.25) is 9.59 Å². The highest BCUT2D eigenvalue weighted by Gasteiger charge is 2.21. The second-order valence-corrected chi connectivity index (χ2v) is 6.47. The van der Waals surface area contributed by atoms with Crippen molar-refractivity contribution in [1.29, 1.82) is 0 Å². The molecule has 1 fully saturated rings. The predicted octanol–water partition coefficient (Wildman–Crippen LogP) is 3.32. The number of rotatable bonds is 6. The van der Waals surface area contributed by atoms with Gasteiger partial charge in [-0.25, -0.2) is 0 Å². The highest BCUT2D eigenvalue weighted by atomic mass is 16.5. The van der Waals surface area contributed by atoms with Crippen LogP contribution < -0.4 is 5.32 Å². The number of benzene rings is 2. The van der Waals surface area contributed by atoms with Gasteiger partial charge in [0.05, 0.1) is 5.92 Å². The molecule has 1 heterocycles. The van der Waals surface area contributed by atoms with Crippen molar-refractivity contribution in [2.75, 3.05) is 13.2 Å². The lowest BCUT2D eigenvalue weighted by atomic mass is 9.96. The molecule has 2 aromatic carbocycles. The minimum absolute atomic E-state index is 0.0434. The maximum atomic E-state index is 12.6. The molecule has 0 aliphatic carbocycles. The fourth-order valence-electron chi connectivity index (χ4n) is 3.05. The van der Waals surface area contributed by atoms with E-state index >= 15 is 0 Å². The Kier molecular flexibility index (Phi) is 5.61. The van der Waals surface area contributed by atoms with Gasteiger partial charge >= 0.3 is 5.97 Å². The Labute approximate surface area is 148 Å². The van der Waals surface area contributed by atoms with Crippen molar-refractivity contribution in [1.82, 2.24) is 5.32 Å². The van der Waals surface area contributed by atoms with Crippen LogP contribution in [0.15, 0.2) is 54.6 Å². The number of carbonyl (C=O) groups excluding carboxylic acids is 2. The third kappa shape index (κ3) is 4.34. The smallest absolute Gasteiger partial charge is 0.313 e. The lowest BCUT2D eigenvalue weighted by Gasteiger charge is -2.15. The minimum Gasteiger partial charge on any atom is -0.464 e. The molecule has 25 heavy (non-hydrogen) atoms. The zero-order valence-electron chi connectivity index (χ0n) is 14.4. The van der Waals surface area contributed by atoms with Gasteiger partial charge in [-0.1, -0.05) is 48.5 Å². The largest absolute Gasteiger partial charge is 0.464 e. The van der Waals surface area contributed by atoms with Crippen LogP contribution in [0.5, 0.6) is 0 Å². The van der Waals surface area contributed by atoms with E-state index in [2.05, 4.69) is 5.32 Å². The number of ketones is 1. The Morgan fingerprint density at radius 2 is 1.88 bits per heavy atom. The van der Waals surface area contributed by atoms with E-state index in [0.29, 0.717) is 17.7 Å². The second-order valence-electron chi connectivity index (χ2n) is 6.47. The molecule has 1 aliphatic rings. The number of carbonyl (C=O) groups is 2. The van der Waals surface area contributed by atoms with Crippen LogP contribution in [-0.2, 0) is 9.53 Å². The number of hydrogen-bond donors (Lipinski definition) is 1. The van der Waals surface area contributed by atoms with Gasteiger partial charge in [0.2, 0.25) is 0 Å². The second kappa shape index (κ2) is 8.08. The number of hydrogen-bond acceptors (Lipinski definition) is 4. The molecule has 130 valence electrons. The molecule has 0 amide bonds. The van der Waals surface area contributed by atoms with Crippen LogP contribution >= 0.6 is 0 Å². The number of ether oxygens (including phenoxy) is 1. The van der Waals surface area contributed by atoms with Gasteiger partial charge in [0, 0.05) is 17.2 Å². The van der Waals surface area contributed by atoms with E-state index in [-0.39, 0.29) is 17.8 Å². The average molecular weight is 337 g/mol. The summed E-state index contributed by atoms with van der Waals surface area (Å²) in [5.41, 5.74) is 2.02. The molecule has 0 radical (unpaired) electrons. The third-order valence-corrected chi connectivity index (χ3v) is 4.63. The summed E-state index contributed by atoms with van der Waals surface area (Å²) in [6, 6.07) is 16.7. The number of nitrogens with one attached hydrogen (secondary N) is 1. The summed E-state index contributed by atoms with van der Waals surface area (Å²) in [5.74, 6) is -0.693. The zero-order valence-corrected chi connectivity index (χ0v) is 14.4. The van der Waals surface area contributed by atoms with Gasteiger partial charge in [-0.05, 0) is 37.9 Å². The standard InChI is InChI=1S/C21H23NO3/c1-15(21(24)25-14-19-11-6-12-22-19)17-9-5-10-18(13-17)20(23)16-7-3-2-4-8-16/h2-5,7-10,13,15,19,22H,6,11-12,14H2,1H3. The predicted molar refractivity (Wildman–Crippen MR) is 96.7 cm³/mol. The summed E-state index contributed by atoms with van der Waals surface area (Å²) >= 11 is 0. The van der Waals surface area contributed by atoms with Gasteiger partial charge in [0.15, 0.2) is 5.78 Å². The molecular formula is C21H23NO3. The first kappa shape index (κ1) is 17.4. The van der Waals surface area contributed by atoms with Crippen LogP contribution in [0.2, 0.25) is 0 Å². The summed E-state index contributed by atoms with van der Waals surface area (Å²) < 4.78 is 5.44. The maximum Gasteiger partial charge on any atom is 0.313 e. The first-order chi connectivity index (χ1) is 12.1. The summed E-state index contributed by atoms with van der Waals surface area (Å²) in [6.07, 6.45) is 2.17. The van der Waals surface area contributed by atoms with Crippen molar-refractivity contribution in [2.24, 2.45) is 0 Å². The van der Waals surface area contributed by atoms with E-state index < -0.39 is 5.92 Å². The van der Waals surface area contributed by atoms with E-state index in [0.717, 1.165) is 24.9 Å². The van der Waals surface area contributed by atoms with E-state index in [1.54, 1.807) is 24.3 Å². The Morgan fingerprint density at radius 3 is 2.60 bits per heavy atom. The zero-order chi connectivity index (χ0) is 17.6. The van der Waals surface area contributed by atoms with Gasteiger partial charge in [0.1, 0.15) is 6.61 Å². The lowest BCUT2D eigenvalue weighted by molar-refractivity contribution is -0.145. The Bertz CT molecular complexity index is 736. The summed E-state index contributed by atoms with van der Waals surface area (Å²) in [6.45, 7) is 3.21.